The molecule has 1 saturated heterocycles. The number of hydrogen-bond donors (Lipinski definition) is 1. The van der Waals surface area contributed by atoms with Gasteiger partial charge in [-0.1, -0.05) is 0 Å². The molecule has 0 aliphatic carbocycles. The van der Waals surface area contributed by atoms with Gasteiger partial charge >= 0.3 is 5.97 Å². The van der Waals surface area contributed by atoms with Crippen LogP contribution in [0.5, 0.6) is 0 Å². The van der Waals surface area contributed by atoms with Crippen LogP contribution in [0, 0.1) is 11.8 Å². The molecule has 0 radical (unpaired) electrons. The van der Waals surface area contributed by atoms with E-state index in [0.29, 0.717) is 13.0 Å². The summed E-state index contributed by atoms with van der Waals surface area (Å²) in [6, 6.07) is 0. The van der Waals surface area contributed by atoms with Crippen molar-refractivity contribution in [1.29, 1.82) is 0 Å². The molecular formula is C10H18O5S. The summed E-state index contributed by atoms with van der Waals surface area (Å²) < 4.78 is 27.9. The lowest BCUT2D eigenvalue weighted by molar-refractivity contribution is -0.139. The summed E-state index contributed by atoms with van der Waals surface area (Å²) in [4.78, 5) is 10.7. The SMILES string of the molecule is COCC(CC(=O)O)C1CCCS(=O)(=O)C1. The van der Waals surface area contributed by atoms with E-state index in [9.17, 15) is 13.2 Å². The summed E-state index contributed by atoms with van der Waals surface area (Å²) in [5.74, 6) is -0.831. The summed E-state index contributed by atoms with van der Waals surface area (Å²) >= 11 is 0. The van der Waals surface area contributed by atoms with Gasteiger partial charge in [-0.2, -0.15) is 0 Å². The Morgan fingerprint density at radius 3 is 2.75 bits per heavy atom. The zero-order valence-corrected chi connectivity index (χ0v) is 10.2. The normalized spacial score (nSPS) is 26.2. The molecule has 0 aromatic rings. The van der Waals surface area contributed by atoms with Gasteiger partial charge in [0.05, 0.1) is 17.9 Å². The van der Waals surface area contributed by atoms with Crippen LogP contribution in [-0.2, 0) is 19.4 Å². The Kier molecular flexibility index (Phi) is 4.73. The van der Waals surface area contributed by atoms with Gasteiger partial charge in [0.2, 0.25) is 0 Å². The molecule has 6 heteroatoms. The smallest absolute Gasteiger partial charge is 0.303 e. The minimum atomic E-state index is -2.98. The van der Waals surface area contributed by atoms with E-state index in [4.69, 9.17) is 9.84 Å². The molecule has 0 saturated carbocycles. The Morgan fingerprint density at radius 1 is 1.56 bits per heavy atom. The predicted octanol–water partition coefficient (Wildman–Crippen LogP) is 0.549. The average Bonchev–Trinajstić information content (AvgIpc) is 2.15. The van der Waals surface area contributed by atoms with E-state index in [0.717, 1.165) is 6.42 Å². The number of carboxylic acid groups (broad SMARTS) is 1. The third-order valence-electron chi connectivity index (χ3n) is 2.98. The average molecular weight is 250 g/mol. The van der Waals surface area contributed by atoms with Gasteiger partial charge < -0.3 is 9.84 Å². The first-order valence-electron chi connectivity index (χ1n) is 5.36. The van der Waals surface area contributed by atoms with Crippen molar-refractivity contribution in [3.05, 3.63) is 0 Å². The second-order valence-electron chi connectivity index (χ2n) is 4.33. The summed E-state index contributed by atoms with van der Waals surface area (Å²) in [5.41, 5.74) is 0. The van der Waals surface area contributed by atoms with Crippen LogP contribution in [0.3, 0.4) is 0 Å². The highest BCUT2D eigenvalue weighted by Gasteiger charge is 2.31. The molecule has 1 fully saturated rings. The van der Waals surface area contributed by atoms with Gasteiger partial charge in [0, 0.05) is 13.7 Å². The number of carbonyl (C=O) groups is 1. The number of rotatable bonds is 5. The quantitative estimate of drug-likeness (QED) is 0.770. The first-order chi connectivity index (χ1) is 7.44. The summed E-state index contributed by atoms with van der Waals surface area (Å²) in [5, 5.41) is 8.77. The maximum Gasteiger partial charge on any atom is 0.303 e. The molecule has 0 bridgehead atoms. The third kappa shape index (κ3) is 4.09. The Labute approximate surface area is 95.7 Å². The van der Waals surface area contributed by atoms with Crippen molar-refractivity contribution >= 4 is 15.8 Å². The maximum atomic E-state index is 11.5. The second-order valence-corrected chi connectivity index (χ2v) is 6.56. The van der Waals surface area contributed by atoms with E-state index in [2.05, 4.69) is 0 Å². The number of methoxy groups -OCH3 is 1. The minimum absolute atomic E-state index is 0.0198. The van der Waals surface area contributed by atoms with Crippen LogP contribution in [0.1, 0.15) is 19.3 Å². The zero-order valence-electron chi connectivity index (χ0n) is 9.39. The van der Waals surface area contributed by atoms with Crippen LogP contribution in [0.25, 0.3) is 0 Å². The van der Waals surface area contributed by atoms with Crippen molar-refractivity contribution in [2.24, 2.45) is 11.8 Å². The lowest BCUT2D eigenvalue weighted by Crippen LogP contribution is -2.33. The maximum absolute atomic E-state index is 11.5. The monoisotopic (exact) mass is 250 g/mol. The van der Waals surface area contributed by atoms with E-state index in [-0.39, 0.29) is 29.8 Å². The molecule has 0 spiro atoms. The molecule has 1 aliphatic heterocycles. The van der Waals surface area contributed by atoms with E-state index < -0.39 is 15.8 Å². The minimum Gasteiger partial charge on any atom is -0.481 e. The Morgan fingerprint density at radius 2 is 2.25 bits per heavy atom. The van der Waals surface area contributed by atoms with Gasteiger partial charge in [-0.25, -0.2) is 8.42 Å². The van der Waals surface area contributed by atoms with Gasteiger partial charge in [-0.3, -0.25) is 4.79 Å². The first-order valence-corrected chi connectivity index (χ1v) is 7.18. The fraction of sp³-hybridized carbons (Fsp3) is 0.900. The van der Waals surface area contributed by atoms with Crippen molar-refractivity contribution < 1.29 is 23.1 Å². The van der Waals surface area contributed by atoms with Crippen molar-refractivity contribution in [3.8, 4) is 0 Å². The molecule has 16 heavy (non-hydrogen) atoms. The van der Waals surface area contributed by atoms with E-state index >= 15 is 0 Å². The molecule has 1 rings (SSSR count). The lowest BCUT2D eigenvalue weighted by atomic mass is 9.88. The van der Waals surface area contributed by atoms with E-state index in [1.807, 2.05) is 0 Å². The van der Waals surface area contributed by atoms with Crippen LogP contribution in [0.15, 0.2) is 0 Å². The summed E-state index contributed by atoms with van der Waals surface area (Å²) in [6.07, 6.45) is 1.39. The molecule has 94 valence electrons. The standard InChI is InChI=1S/C10H18O5S/c1-15-6-9(5-10(11)12)8-3-2-4-16(13,14)7-8/h8-9H,2-7H2,1H3,(H,11,12). The van der Waals surface area contributed by atoms with Crippen molar-refractivity contribution in [2.75, 3.05) is 25.2 Å². The van der Waals surface area contributed by atoms with Crippen molar-refractivity contribution in [3.63, 3.8) is 0 Å². The first kappa shape index (κ1) is 13.4. The molecule has 2 atom stereocenters. The molecule has 0 aromatic heterocycles. The summed E-state index contributed by atoms with van der Waals surface area (Å²) in [6.45, 7) is 0.312. The third-order valence-corrected chi connectivity index (χ3v) is 4.83. The van der Waals surface area contributed by atoms with Crippen LogP contribution >= 0.6 is 0 Å². The number of carboxylic acids is 1. The van der Waals surface area contributed by atoms with Gasteiger partial charge in [0.15, 0.2) is 9.84 Å². The van der Waals surface area contributed by atoms with Gasteiger partial charge in [-0.15, -0.1) is 0 Å². The highest BCUT2D eigenvalue weighted by atomic mass is 32.2. The molecule has 5 nitrogen and oxygen atoms in total. The Balaban J connectivity index is 2.66. The Bertz CT molecular complexity index is 335. The van der Waals surface area contributed by atoms with Crippen LogP contribution < -0.4 is 0 Å². The van der Waals surface area contributed by atoms with Crippen LogP contribution in [-0.4, -0.2) is 44.7 Å². The number of aliphatic carboxylic acids is 1. The number of sulfone groups is 1. The van der Waals surface area contributed by atoms with Crippen LogP contribution in [0.4, 0.5) is 0 Å². The molecule has 0 amide bonds. The van der Waals surface area contributed by atoms with Gasteiger partial charge in [-0.05, 0) is 24.7 Å². The second kappa shape index (κ2) is 5.63. The topological polar surface area (TPSA) is 80.7 Å². The van der Waals surface area contributed by atoms with E-state index in [1.54, 1.807) is 0 Å². The zero-order chi connectivity index (χ0) is 12.2. The van der Waals surface area contributed by atoms with Gasteiger partial charge in [0.25, 0.3) is 0 Å². The molecule has 2 unspecified atom stereocenters. The van der Waals surface area contributed by atoms with E-state index in [1.165, 1.54) is 7.11 Å². The molecule has 1 N–H and O–H groups in total. The fourth-order valence-electron chi connectivity index (χ4n) is 2.23. The number of ether oxygens (including phenoxy) is 1. The molecule has 1 heterocycles. The largest absolute Gasteiger partial charge is 0.481 e. The Hall–Kier alpha value is -0.620. The highest BCUT2D eigenvalue weighted by molar-refractivity contribution is 7.91. The number of hydrogen-bond acceptors (Lipinski definition) is 4. The van der Waals surface area contributed by atoms with Crippen molar-refractivity contribution in [2.45, 2.75) is 19.3 Å². The lowest BCUT2D eigenvalue weighted by Gasteiger charge is -2.28. The van der Waals surface area contributed by atoms with Crippen LogP contribution in [0.2, 0.25) is 0 Å². The van der Waals surface area contributed by atoms with Crippen molar-refractivity contribution in [1.82, 2.24) is 0 Å². The van der Waals surface area contributed by atoms with Gasteiger partial charge in [0.1, 0.15) is 0 Å². The molecular weight excluding hydrogens is 232 g/mol. The predicted molar refractivity (Wildman–Crippen MR) is 59.0 cm³/mol. The molecule has 0 aromatic carbocycles. The summed E-state index contributed by atoms with van der Waals surface area (Å²) in [7, 11) is -1.47. The fourth-order valence-corrected chi connectivity index (χ4v) is 4.09. The molecule has 1 aliphatic rings. The highest BCUT2D eigenvalue weighted by Crippen LogP contribution is 2.27.